The second-order valence-corrected chi connectivity index (χ2v) is 5.08. The molecule has 0 amide bonds. The third-order valence-electron chi connectivity index (χ3n) is 3.03. The average molecular weight is 335 g/mol. The van der Waals surface area contributed by atoms with Crippen LogP contribution in [0.5, 0.6) is 0 Å². The number of hydrogen-bond donors (Lipinski definition) is 2. The minimum absolute atomic E-state index is 0.131. The molecular formula is C11H19BrN4O3. The maximum Gasteiger partial charge on any atom is 0.103 e. The number of rotatable bonds is 6. The Balaban J connectivity index is 2.18. The van der Waals surface area contributed by atoms with Crippen molar-refractivity contribution in [3.63, 3.8) is 0 Å². The van der Waals surface area contributed by atoms with E-state index in [9.17, 15) is 0 Å². The Labute approximate surface area is 120 Å². The molecule has 8 heteroatoms. The van der Waals surface area contributed by atoms with E-state index >= 15 is 0 Å². The summed E-state index contributed by atoms with van der Waals surface area (Å²) in [5.74, 6) is 5.68. The third-order valence-corrected chi connectivity index (χ3v) is 3.64. The highest BCUT2D eigenvalue weighted by molar-refractivity contribution is 9.10. The predicted molar refractivity (Wildman–Crippen MR) is 72.4 cm³/mol. The molecule has 1 saturated heterocycles. The van der Waals surface area contributed by atoms with Gasteiger partial charge in [-0.25, -0.2) is 5.43 Å². The fourth-order valence-electron chi connectivity index (χ4n) is 2.10. The van der Waals surface area contributed by atoms with Crippen molar-refractivity contribution in [1.29, 1.82) is 0 Å². The minimum atomic E-state index is -0.186. The summed E-state index contributed by atoms with van der Waals surface area (Å²) in [5, 5.41) is 4.31. The molecule has 1 fully saturated rings. The quantitative estimate of drug-likeness (QED) is 0.571. The standard InChI is InChI=1S/C11H19BrN4O3/c1-17-3-2-16-11(8(12)6-14-16)10(15-13)9-7-18-4-5-19-9/h6,9-10,15H,2-5,7,13H2,1H3. The first-order chi connectivity index (χ1) is 9.27. The Morgan fingerprint density at radius 3 is 3.16 bits per heavy atom. The Morgan fingerprint density at radius 1 is 1.68 bits per heavy atom. The summed E-state index contributed by atoms with van der Waals surface area (Å²) in [7, 11) is 1.66. The zero-order valence-corrected chi connectivity index (χ0v) is 12.4. The average Bonchev–Trinajstić information content (AvgIpc) is 2.80. The Morgan fingerprint density at radius 2 is 2.53 bits per heavy atom. The Bertz CT molecular complexity index is 395. The van der Waals surface area contributed by atoms with Gasteiger partial charge < -0.3 is 14.2 Å². The van der Waals surface area contributed by atoms with Gasteiger partial charge in [0.2, 0.25) is 0 Å². The molecule has 1 aliphatic heterocycles. The second-order valence-electron chi connectivity index (χ2n) is 4.22. The normalized spacial score (nSPS) is 21.5. The van der Waals surface area contributed by atoms with Crippen LogP contribution >= 0.6 is 15.9 Å². The molecule has 0 aliphatic carbocycles. The van der Waals surface area contributed by atoms with Crippen molar-refractivity contribution in [2.24, 2.45) is 5.84 Å². The lowest BCUT2D eigenvalue weighted by molar-refractivity contribution is -0.103. The van der Waals surface area contributed by atoms with Gasteiger partial charge in [-0.05, 0) is 15.9 Å². The number of hydrogen-bond acceptors (Lipinski definition) is 6. The zero-order valence-electron chi connectivity index (χ0n) is 10.8. The first-order valence-electron chi connectivity index (χ1n) is 6.13. The fourth-order valence-corrected chi connectivity index (χ4v) is 2.64. The van der Waals surface area contributed by atoms with Gasteiger partial charge in [-0.2, -0.15) is 5.10 Å². The van der Waals surface area contributed by atoms with Gasteiger partial charge in [0.25, 0.3) is 0 Å². The molecule has 108 valence electrons. The van der Waals surface area contributed by atoms with Crippen LogP contribution in [0, 0.1) is 0 Å². The molecule has 1 aromatic rings. The summed E-state index contributed by atoms with van der Waals surface area (Å²) in [6, 6.07) is -0.186. The Kier molecular flexibility index (Phi) is 5.74. The molecule has 1 aromatic heterocycles. The van der Waals surface area contributed by atoms with E-state index in [2.05, 4.69) is 26.5 Å². The van der Waals surface area contributed by atoms with E-state index in [0.29, 0.717) is 33.0 Å². The van der Waals surface area contributed by atoms with Crippen molar-refractivity contribution in [2.75, 3.05) is 33.5 Å². The van der Waals surface area contributed by atoms with Crippen LogP contribution in [0.1, 0.15) is 11.7 Å². The number of nitrogens with zero attached hydrogens (tertiary/aromatic N) is 2. The van der Waals surface area contributed by atoms with Crippen LogP contribution in [0.4, 0.5) is 0 Å². The molecule has 2 heterocycles. The summed E-state index contributed by atoms with van der Waals surface area (Å²) in [5.41, 5.74) is 3.74. The van der Waals surface area contributed by atoms with Crippen molar-refractivity contribution in [3.8, 4) is 0 Å². The molecule has 2 rings (SSSR count). The summed E-state index contributed by atoms with van der Waals surface area (Å²) in [6.45, 7) is 2.95. The lowest BCUT2D eigenvalue weighted by atomic mass is 10.1. The van der Waals surface area contributed by atoms with Crippen LogP contribution < -0.4 is 11.3 Å². The van der Waals surface area contributed by atoms with Gasteiger partial charge in [-0.15, -0.1) is 0 Å². The van der Waals surface area contributed by atoms with Crippen molar-refractivity contribution in [2.45, 2.75) is 18.7 Å². The highest BCUT2D eigenvalue weighted by Gasteiger charge is 2.30. The topological polar surface area (TPSA) is 83.6 Å². The molecule has 2 unspecified atom stereocenters. The summed E-state index contributed by atoms with van der Waals surface area (Å²) in [4.78, 5) is 0. The van der Waals surface area contributed by atoms with E-state index in [-0.39, 0.29) is 12.1 Å². The highest BCUT2D eigenvalue weighted by Crippen LogP contribution is 2.27. The lowest BCUT2D eigenvalue weighted by Crippen LogP contribution is -2.44. The van der Waals surface area contributed by atoms with Gasteiger partial charge in [-0.3, -0.25) is 10.5 Å². The summed E-state index contributed by atoms with van der Waals surface area (Å²) in [6.07, 6.45) is 1.62. The largest absolute Gasteiger partial charge is 0.383 e. The fraction of sp³-hybridized carbons (Fsp3) is 0.727. The lowest BCUT2D eigenvalue weighted by Gasteiger charge is -2.30. The second kappa shape index (κ2) is 7.32. The molecular weight excluding hydrogens is 316 g/mol. The predicted octanol–water partition coefficient (Wildman–Crippen LogP) is 0.212. The van der Waals surface area contributed by atoms with E-state index in [0.717, 1.165) is 10.2 Å². The third kappa shape index (κ3) is 3.53. The van der Waals surface area contributed by atoms with Crippen LogP contribution in [-0.2, 0) is 20.8 Å². The zero-order chi connectivity index (χ0) is 13.7. The summed E-state index contributed by atoms with van der Waals surface area (Å²) < 4.78 is 19.0. The monoisotopic (exact) mass is 334 g/mol. The van der Waals surface area contributed by atoms with Gasteiger partial charge in [0, 0.05) is 7.11 Å². The Hall–Kier alpha value is -0.510. The molecule has 0 spiro atoms. The van der Waals surface area contributed by atoms with Crippen LogP contribution in [0.15, 0.2) is 10.7 Å². The molecule has 1 aliphatic rings. The van der Waals surface area contributed by atoms with Crippen molar-refractivity contribution < 1.29 is 14.2 Å². The van der Waals surface area contributed by atoms with Crippen molar-refractivity contribution >= 4 is 15.9 Å². The van der Waals surface area contributed by atoms with Crippen LogP contribution in [0.25, 0.3) is 0 Å². The highest BCUT2D eigenvalue weighted by atomic mass is 79.9. The maximum absolute atomic E-state index is 5.71. The molecule has 0 saturated carbocycles. The number of nitrogens with two attached hydrogens (primary N) is 1. The molecule has 7 nitrogen and oxygen atoms in total. The SMILES string of the molecule is COCCn1ncc(Br)c1C(NN)C1COCCO1. The number of halogens is 1. The van der Waals surface area contributed by atoms with E-state index in [4.69, 9.17) is 20.1 Å². The number of methoxy groups -OCH3 is 1. The van der Waals surface area contributed by atoms with Crippen LogP contribution in [0.2, 0.25) is 0 Å². The molecule has 19 heavy (non-hydrogen) atoms. The number of nitrogens with one attached hydrogen (secondary N) is 1. The number of ether oxygens (including phenoxy) is 3. The van der Waals surface area contributed by atoms with E-state index in [1.807, 2.05) is 4.68 Å². The van der Waals surface area contributed by atoms with Gasteiger partial charge in [0.15, 0.2) is 0 Å². The first-order valence-corrected chi connectivity index (χ1v) is 6.92. The molecule has 3 N–H and O–H groups in total. The van der Waals surface area contributed by atoms with Gasteiger partial charge in [-0.1, -0.05) is 0 Å². The number of hydrazine groups is 1. The van der Waals surface area contributed by atoms with E-state index < -0.39 is 0 Å². The molecule has 0 aromatic carbocycles. The number of aromatic nitrogens is 2. The molecule has 2 atom stereocenters. The van der Waals surface area contributed by atoms with Gasteiger partial charge in [0.1, 0.15) is 6.10 Å². The minimum Gasteiger partial charge on any atom is -0.383 e. The van der Waals surface area contributed by atoms with Crippen LogP contribution in [-0.4, -0.2) is 49.4 Å². The van der Waals surface area contributed by atoms with Crippen molar-refractivity contribution in [3.05, 3.63) is 16.4 Å². The van der Waals surface area contributed by atoms with Gasteiger partial charge >= 0.3 is 0 Å². The smallest absolute Gasteiger partial charge is 0.103 e. The van der Waals surface area contributed by atoms with E-state index in [1.165, 1.54) is 0 Å². The van der Waals surface area contributed by atoms with E-state index in [1.54, 1.807) is 13.3 Å². The molecule has 0 bridgehead atoms. The first kappa shape index (κ1) is 14.9. The molecule has 0 radical (unpaired) electrons. The summed E-state index contributed by atoms with van der Waals surface area (Å²) >= 11 is 3.50. The van der Waals surface area contributed by atoms with Gasteiger partial charge in [0.05, 0.1) is 55.4 Å². The maximum atomic E-state index is 5.71. The van der Waals surface area contributed by atoms with Crippen LogP contribution in [0.3, 0.4) is 0 Å². The van der Waals surface area contributed by atoms with Crippen molar-refractivity contribution in [1.82, 2.24) is 15.2 Å².